The molecule has 0 saturated carbocycles. The van der Waals surface area contributed by atoms with Crippen molar-refractivity contribution in [2.24, 2.45) is 0 Å². The molecule has 0 radical (unpaired) electrons. The Hall–Kier alpha value is -2.14. The molecule has 0 aliphatic carbocycles. The van der Waals surface area contributed by atoms with Crippen LogP contribution in [0.15, 0.2) is 36.7 Å². The van der Waals surface area contributed by atoms with E-state index < -0.39 is 0 Å². The molecule has 0 atom stereocenters. The third-order valence-electron chi connectivity index (χ3n) is 4.38. The van der Waals surface area contributed by atoms with Crippen LogP contribution in [0.5, 0.6) is 0 Å². The predicted molar refractivity (Wildman–Crippen MR) is 86.3 cm³/mol. The van der Waals surface area contributed by atoms with Crippen LogP contribution in [-0.4, -0.2) is 46.8 Å². The number of aryl methyl sites for hydroxylation is 1. The Morgan fingerprint density at radius 3 is 2.68 bits per heavy atom. The number of aromatic nitrogens is 2. The molecule has 2 heterocycles. The van der Waals surface area contributed by atoms with Gasteiger partial charge in [-0.15, -0.1) is 0 Å². The first-order valence-corrected chi connectivity index (χ1v) is 7.76. The number of amides is 1. The van der Waals surface area contributed by atoms with Crippen molar-refractivity contribution in [3.63, 3.8) is 0 Å². The van der Waals surface area contributed by atoms with E-state index in [1.807, 2.05) is 49.3 Å². The van der Waals surface area contributed by atoms with Gasteiger partial charge in [-0.2, -0.15) is 5.10 Å². The Bertz CT molecular complexity index is 656. The molecule has 1 aliphatic rings. The minimum absolute atomic E-state index is 0.0781. The maximum absolute atomic E-state index is 12.6. The molecule has 1 aliphatic heterocycles. The molecule has 1 aromatic heterocycles. The maximum atomic E-state index is 12.6. The standard InChI is InChI=1S/C17H22N4O/c1-13-5-3-4-6-16(13)21-12-14(11-19-21)17(22)20-9-7-15(18-2)8-10-20/h3-6,11-12,15,18H,7-10H2,1-2H3. The van der Waals surface area contributed by atoms with E-state index in [9.17, 15) is 4.79 Å². The topological polar surface area (TPSA) is 50.2 Å². The normalized spacial score (nSPS) is 16.0. The van der Waals surface area contributed by atoms with Crippen LogP contribution in [0.25, 0.3) is 5.69 Å². The Labute approximate surface area is 130 Å². The van der Waals surface area contributed by atoms with Crippen molar-refractivity contribution in [3.05, 3.63) is 47.8 Å². The van der Waals surface area contributed by atoms with Crippen molar-refractivity contribution < 1.29 is 4.79 Å². The van der Waals surface area contributed by atoms with Crippen molar-refractivity contribution in [2.75, 3.05) is 20.1 Å². The van der Waals surface area contributed by atoms with E-state index in [0.717, 1.165) is 37.2 Å². The number of carbonyl (C=O) groups excluding carboxylic acids is 1. The first kappa shape index (κ1) is 14.8. The number of hydrogen-bond acceptors (Lipinski definition) is 3. The van der Waals surface area contributed by atoms with Gasteiger partial charge in [0.2, 0.25) is 0 Å². The van der Waals surface area contributed by atoms with Crippen molar-refractivity contribution in [1.29, 1.82) is 0 Å². The second kappa shape index (κ2) is 6.32. The summed E-state index contributed by atoms with van der Waals surface area (Å²) in [5, 5.41) is 7.63. The predicted octanol–water partition coefficient (Wildman–Crippen LogP) is 2.00. The van der Waals surface area contributed by atoms with Crippen LogP contribution >= 0.6 is 0 Å². The van der Waals surface area contributed by atoms with Crippen LogP contribution in [0, 0.1) is 6.92 Å². The zero-order valence-electron chi connectivity index (χ0n) is 13.1. The van der Waals surface area contributed by atoms with Crippen molar-refractivity contribution in [2.45, 2.75) is 25.8 Å². The summed E-state index contributed by atoms with van der Waals surface area (Å²) in [4.78, 5) is 14.5. The van der Waals surface area contributed by atoms with E-state index in [1.165, 1.54) is 0 Å². The molecule has 1 amide bonds. The van der Waals surface area contributed by atoms with Crippen molar-refractivity contribution >= 4 is 5.91 Å². The number of likely N-dealkylation sites (tertiary alicyclic amines) is 1. The van der Waals surface area contributed by atoms with Gasteiger partial charge in [0.05, 0.1) is 17.4 Å². The van der Waals surface area contributed by atoms with E-state index in [4.69, 9.17) is 0 Å². The van der Waals surface area contributed by atoms with Gasteiger partial charge in [-0.3, -0.25) is 4.79 Å². The average molecular weight is 298 g/mol. The molecule has 1 saturated heterocycles. The Kier molecular flexibility index (Phi) is 4.24. The number of piperidine rings is 1. The second-order valence-electron chi connectivity index (χ2n) is 5.82. The summed E-state index contributed by atoms with van der Waals surface area (Å²) in [6, 6.07) is 8.56. The number of para-hydroxylation sites is 1. The molecule has 116 valence electrons. The quantitative estimate of drug-likeness (QED) is 0.943. The number of carbonyl (C=O) groups is 1. The fourth-order valence-corrected chi connectivity index (χ4v) is 2.94. The summed E-state index contributed by atoms with van der Waals surface area (Å²) >= 11 is 0. The first-order chi connectivity index (χ1) is 10.7. The first-order valence-electron chi connectivity index (χ1n) is 7.76. The fourth-order valence-electron chi connectivity index (χ4n) is 2.94. The average Bonchev–Trinajstić information content (AvgIpc) is 3.04. The Morgan fingerprint density at radius 2 is 2.00 bits per heavy atom. The van der Waals surface area contributed by atoms with Gasteiger partial charge >= 0.3 is 0 Å². The lowest BCUT2D eigenvalue weighted by atomic mass is 10.0. The lowest BCUT2D eigenvalue weighted by Crippen LogP contribution is -2.43. The SMILES string of the molecule is CNC1CCN(C(=O)c2cnn(-c3ccccc3C)c2)CC1. The van der Waals surface area contributed by atoms with E-state index >= 15 is 0 Å². The zero-order valence-corrected chi connectivity index (χ0v) is 13.1. The van der Waals surface area contributed by atoms with E-state index in [1.54, 1.807) is 10.9 Å². The van der Waals surface area contributed by atoms with Crippen LogP contribution in [0.3, 0.4) is 0 Å². The molecular weight excluding hydrogens is 276 g/mol. The van der Waals surface area contributed by atoms with E-state index in [-0.39, 0.29) is 5.91 Å². The van der Waals surface area contributed by atoms with Gasteiger partial charge < -0.3 is 10.2 Å². The summed E-state index contributed by atoms with van der Waals surface area (Å²) in [7, 11) is 1.98. The molecule has 5 nitrogen and oxygen atoms in total. The van der Waals surface area contributed by atoms with Gasteiger partial charge in [-0.25, -0.2) is 4.68 Å². The molecule has 1 fully saturated rings. The monoisotopic (exact) mass is 298 g/mol. The highest BCUT2D eigenvalue weighted by atomic mass is 16.2. The molecule has 22 heavy (non-hydrogen) atoms. The number of hydrogen-bond donors (Lipinski definition) is 1. The maximum Gasteiger partial charge on any atom is 0.257 e. The summed E-state index contributed by atoms with van der Waals surface area (Å²) in [6.45, 7) is 3.65. The van der Waals surface area contributed by atoms with Crippen molar-refractivity contribution in [3.8, 4) is 5.69 Å². The molecule has 2 aromatic rings. The molecule has 1 aromatic carbocycles. The largest absolute Gasteiger partial charge is 0.338 e. The van der Waals surface area contributed by atoms with Gasteiger partial charge in [-0.05, 0) is 38.4 Å². The van der Waals surface area contributed by atoms with Crippen LogP contribution in [0.4, 0.5) is 0 Å². The van der Waals surface area contributed by atoms with E-state index in [0.29, 0.717) is 11.6 Å². The van der Waals surface area contributed by atoms with Crippen LogP contribution < -0.4 is 5.32 Å². The number of benzene rings is 1. The highest BCUT2D eigenvalue weighted by Crippen LogP contribution is 2.16. The fraction of sp³-hybridized carbons (Fsp3) is 0.412. The molecule has 0 unspecified atom stereocenters. The minimum Gasteiger partial charge on any atom is -0.338 e. The summed E-state index contributed by atoms with van der Waals surface area (Å²) in [5.41, 5.74) is 2.81. The molecule has 5 heteroatoms. The van der Waals surface area contributed by atoms with E-state index in [2.05, 4.69) is 10.4 Å². The molecule has 0 bridgehead atoms. The lowest BCUT2D eigenvalue weighted by molar-refractivity contribution is 0.0707. The molecule has 0 spiro atoms. The van der Waals surface area contributed by atoms with Crippen LogP contribution in [0.1, 0.15) is 28.8 Å². The highest BCUT2D eigenvalue weighted by molar-refractivity contribution is 5.93. The molecule has 1 N–H and O–H groups in total. The van der Waals surface area contributed by atoms with Gasteiger partial charge in [-0.1, -0.05) is 18.2 Å². The van der Waals surface area contributed by atoms with Gasteiger partial charge in [0.25, 0.3) is 5.91 Å². The van der Waals surface area contributed by atoms with Crippen molar-refractivity contribution in [1.82, 2.24) is 20.0 Å². The number of rotatable bonds is 3. The molecular formula is C17H22N4O. The minimum atomic E-state index is 0.0781. The third-order valence-corrected chi connectivity index (χ3v) is 4.38. The summed E-state index contributed by atoms with van der Waals surface area (Å²) < 4.78 is 1.78. The van der Waals surface area contributed by atoms with Crippen LogP contribution in [0.2, 0.25) is 0 Å². The zero-order chi connectivity index (χ0) is 15.5. The van der Waals surface area contributed by atoms with Gasteiger partial charge in [0, 0.05) is 25.3 Å². The summed E-state index contributed by atoms with van der Waals surface area (Å²) in [6.07, 6.45) is 5.51. The Morgan fingerprint density at radius 1 is 1.27 bits per heavy atom. The van der Waals surface area contributed by atoms with Gasteiger partial charge in [0.15, 0.2) is 0 Å². The summed E-state index contributed by atoms with van der Waals surface area (Å²) in [5.74, 6) is 0.0781. The van der Waals surface area contributed by atoms with Gasteiger partial charge in [0.1, 0.15) is 0 Å². The number of nitrogens with one attached hydrogen (secondary N) is 1. The lowest BCUT2D eigenvalue weighted by Gasteiger charge is -2.31. The number of nitrogens with zero attached hydrogens (tertiary/aromatic N) is 3. The smallest absolute Gasteiger partial charge is 0.257 e. The highest BCUT2D eigenvalue weighted by Gasteiger charge is 2.23. The second-order valence-corrected chi connectivity index (χ2v) is 5.82. The van der Waals surface area contributed by atoms with Crippen LogP contribution in [-0.2, 0) is 0 Å². The Balaban J connectivity index is 1.74. The molecule has 3 rings (SSSR count). The third kappa shape index (κ3) is 2.90.